The number of hydrogen-bond donors (Lipinski definition) is 1. The van der Waals surface area contributed by atoms with Gasteiger partial charge in [-0.3, -0.25) is 4.98 Å². The van der Waals surface area contributed by atoms with Crippen LogP contribution in [0.5, 0.6) is 0 Å². The highest BCUT2D eigenvalue weighted by Gasteiger charge is 2.01. The summed E-state index contributed by atoms with van der Waals surface area (Å²) in [6.07, 6.45) is 3.36. The van der Waals surface area contributed by atoms with Crippen LogP contribution in [0.1, 0.15) is 12.6 Å². The fourth-order valence-corrected chi connectivity index (χ4v) is 1.50. The number of nitrogens with one attached hydrogen (secondary N) is 1. The van der Waals surface area contributed by atoms with Crippen LogP contribution in [0.4, 0.5) is 5.82 Å². The molecule has 2 rings (SSSR count). The van der Waals surface area contributed by atoms with Gasteiger partial charge in [0.25, 0.3) is 0 Å². The molecular formula is C12H14N4. The second kappa shape index (κ2) is 4.70. The maximum absolute atomic E-state index is 4.25. The fourth-order valence-electron chi connectivity index (χ4n) is 1.50. The van der Waals surface area contributed by atoms with E-state index in [2.05, 4.69) is 20.3 Å². The maximum Gasteiger partial charge on any atom is 0.129 e. The van der Waals surface area contributed by atoms with Crippen LogP contribution in [0.2, 0.25) is 0 Å². The SMILES string of the molecule is CCNc1cc(-c2ccnc(C)c2)ncn1. The zero-order chi connectivity index (χ0) is 11.4. The maximum atomic E-state index is 4.25. The Hall–Kier alpha value is -1.97. The molecule has 0 fully saturated rings. The molecule has 0 radical (unpaired) electrons. The first-order chi connectivity index (χ1) is 7.79. The summed E-state index contributed by atoms with van der Waals surface area (Å²) < 4.78 is 0. The number of pyridine rings is 1. The van der Waals surface area contributed by atoms with Gasteiger partial charge in [0, 0.05) is 30.1 Å². The van der Waals surface area contributed by atoms with E-state index < -0.39 is 0 Å². The monoisotopic (exact) mass is 214 g/mol. The third-order valence-electron chi connectivity index (χ3n) is 2.22. The summed E-state index contributed by atoms with van der Waals surface area (Å²) in [5.41, 5.74) is 2.96. The van der Waals surface area contributed by atoms with Gasteiger partial charge in [0.1, 0.15) is 12.1 Å². The van der Waals surface area contributed by atoms with Crippen molar-refractivity contribution in [2.24, 2.45) is 0 Å². The first kappa shape index (κ1) is 10.5. The molecule has 82 valence electrons. The van der Waals surface area contributed by atoms with Crippen molar-refractivity contribution in [2.45, 2.75) is 13.8 Å². The topological polar surface area (TPSA) is 50.7 Å². The third kappa shape index (κ3) is 2.34. The summed E-state index contributed by atoms with van der Waals surface area (Å²) in [6.45, 7) is 4.86. The zero-order valence-corrected chi connectivity index (χ0v) is 9.44. The number of aryl methyl sites for hydroxylation is 1. The number of rotatable bonds is 3. The highest BCUT2D eigenvalue weighted by atomic mass is 15.0. The van der Waals surface area contributed by atoms with E-state index in [0.717, 1.165) is 29.3 Å². The van der Waals surface area contributed by atoms with Crippen molar-refractivity contribution in [3.8, 4) is 11.3 Å². The smallest absolute Gasteiger partial charge is 0.129 e. The fraction of sp³-hybridized carbons (Fsp3) is 0.250. The van der Waals surface area contributed by atoms with Crippen LogP contribution in [0.25, 0.3) is 11.3 Å². The van der Waals surface area contributed by atoms with Crippen LogP contribution in [0, 0.1) is 6.92 Å². The molecule has 1 N–H and O–H groups in total. The van der Waals surface area contributed by atoms with Gasteiger partial charge >= 0.3 is 0 Å². The molecule has 2 aromatic heterocycles. The van der Waals surface area contributed by atoms with E-state index in [1.54, 1.807) is 12.5 Å². The molecule has 0 aromatic carbocycles. The van der Waals surface area contributed by atoms with Gasteiger partial charge in [0.15, 0.2) is 0 Å². The lowest BCUT2D eigenvalue weighted by atomic mass is 10.1. The van der Waals surface area contributed by atoms with E-state index >= 15 is 0 Å². The van der Waals surface area contributed by atoms with E-state index in [4.69, 9.17) is 0 Å². The normalized spacial score (nSPS) is 10.1. The Morgan fingerprint density at radius 1 is 1.19 bits per heavy atom. The number of aromatic nitrogens is 3. The summed E-state index contributed by atoms with van der Waals surface area (Å²) in [7, 11) is 0. The third-order valence-corrected chi connectivity index (χ3v) is 2.22. The molecule has 2 aromatic rings. The first-order valence-electron chi connectivity index (χ1n) is 5.28. The minimum atomic E-state index is 0.849. The molecule has 0 saturated heterocycles. The number of anilines is 1. The first-order valence-corrected chi connectivity index (χ1v) is 5.28. The van der Waals surface area contributed by atoms with E-state index in [1.807, 2.05) is 32.0 Å². The Bertz CT molecular complexity index is 482. The highest BCUT2D eigenvalue weighted by molar-refractivity contribution is 5.61. The molecule has 0 aliphatic carbocycles. The Morgan fingerprint density at radius 3 is 2.81 bits per heavy atom. The van der Waals surface area contributed by atoms with Crippen molar-refractivity contribution >= 4 is 5.82 Å². The van der Waals surface area contributed by atoms with Crippen molar-refractivity contribution in [1.29, 1.82) is 0 Å². The lowest BCUT2D eigenvalue weighted by molar-refractivity contribution is 1.11. The molecule has 4 heteroatoms. The largest absolute Gasteiger partial charge is 0.370 e. The van der Waals surface area contributed by atoms with Gasteiger partial charge in [-0.2, -0.15) is 0 Å². The molecule has 0 saturated carbocycles. The summed E-state index contributed by atoms with van der Waals surface area (Å²) in [4.78, 5) is 12.6. The average Bonchev–Trinajstić information content (AvgIpc) is 2.30. The van der Waals surface area contributed by atoms with Crippen LogP contribution >= 0.6 is 0 Å². The van der Waals surface area contributed by atoms with Crippen molar-refractivity contribution in [2.75, 3.05) is 11.9 Å². The van der Waals surface area contributed by atoms with Crippen LogP contribution in [0.3, 0.4) is 0 Å². The van der Waals surface area contributed by atoms with E-state index in [9.17, 15) is 0 Å². The molecule has 0 unspecified atom stereocenters. The van der Waals surface area contributed by atoms with Crippen molar-refractivity contribution in [3.05, 3.63) is 36.4 Å². The zero-order valence-electron chi connectivity index (χ0n) is 9.44. The Morgan fingerprint density at radius 2 is 2.06 bits per heavy atom. The summed E-state index contributed by atoms with van der Waals surface area (Å²) in [6, 6.07) is 5.90. The minimum absolute atomic E-state index is 0.849. The predicted molar refractivity (Wildman–Crippen MR) is 64.2 cm³/mol. The van der Waals surface area contributed by atoms with Gasteiger partial charge in [-0.1, -0.05) is 0 Å². The average molecular weight is 214 g/mol. The summed E-state index contributed by atoms with van der Waals surface area (Å²) in [5, 5.41) is 3.17. The molecular weight excluding hydrogens is 200 g/mol. The molecule has 2 heterocycles. The molecule has 0 atom stereocenters. The molecule has 0 aliphatic rings. The van der Waals surface area contributed by atoms with Crippen LogP contribution in [0.15, 0.2) is 30.7 Å². The van der Waals surface area contributed by atoms with E-state index in [-0.39, 0.29) is 0 Å². The Kier molecular flexibility index (Phi) is 3.10. The highest BCUT2D eigenvalue weighted by Crippen LogP contribution is 2.18. The standard InChI is InChI=1S/C12H14N4/c1-3-13-12-7-11(15-8-16-12)10-4-5-14-9(2)6-10/h4-8H,3H2,1-2H3,(H,13,15,16). The second-order valence-corrected chi connectivity index (χ2v) is 3.50. The molecule has 0 amide bonds. The summed E-state index contributed by atoms with van der Waals surface area (Å²) in [5.74, 6) is 0.849. The molecule has 4 nitrogen and oxygen atoms in total. The van der Waals surface area contributed by atoms with E-state index in [0.29, 0.717) is 0 Å². The Labute approximate surface area is 94.8 Å². The van der Waals surface area contributed by atoms with Gasteiger partial charge in [-0.15, -0.1) is 0 Å². The van der Waals surface area contributed by atoms with Crippen LogP contribution in [-0.2, 0) is 0 Å². The van der Waals surface area contributed by atoms with Crippen LogP contribution in [-0.4, -0.2) is 21.5 Å². The molecule has 16 heavy (non-hydrogen) atoms. The van der Waals surface area contributed by atoms with Crippen molar-refractivity contribution in [3.63, 3.8) is 0 Å². The lowest BCUT2D eigenvalue weighted by Gasteiger charge is -2.05. The Balaban J connectivity index is 2.36. The quantitative estimate of drug-likeness (QED) is 0.851. The van der Waals surface area contributed by atoms with Crippen molar-refractivity contribution in [1.82, 2.24) is 15.0 Å². The predicted octanol–water partition coefficient (Wildman–Crippen LogP) is 2.28. The molecule has 0 spiro atoms. The van der Waals surface area contributed by atoms with E-state index in [1.165, 1.54) is 0 Å². The van der Waals surface area contributed by atoms with Gasteiger partial charge < -0.3 is 5.32 Å². The van der Waals surface area contributed by atoms with Crippen molar-refractivity contribution < 1.29 is 0 Å². The van der Waals surface area contributed by atoms with Gasteiger partial charge in [-0.25, -0.2) is 9.97 Å². The second-order valence-electron chi connectivity index (χ2n) is 3.50. The molecule has 0 bridgehead atoms. The number of nitrogens with zero attached hydrogens (tertiary/aromatic N) is 3. The number of hydrogen-bond acceptors (Lipinski definition) is 4. The molecule has 0 aliphatic heterocycles. The lowest BCUT2D eigenvalue weighted by Crippen LogP contribution is -2.00. The summed E-state index contributed by atoms with van der Waals surface area (Å²) >= 11 is 0. The minimum Gasteiger partial charge on any atom is -0.370 e. The van der Waals surface area contributed by atoms with Gasteiger partial charge in [0.05, 0.1) is 5.69 Å². The van der Waals surface area contributed by atoms with Gasteiger partial charge in [0.2, 0.25) is 0 Å². The van der Waals surface area contributed by atoms with Crippen LogP contribution < -0.4 is 5.32 Å². The van der Waals surface area contributed by atoms with Gasteiger partial charge in [-0.05, 0) is 26.0 Å².